The molecule has 2 rings (SSSR count). The van der Waals surface area contributed by atoms with Gasteiger partial charge in [-0.15, -0.1) is 0 Å². The highest BCUT2D eigenvalue weighted by Gasteiger charge is 2.32. The molecule has 0 aromatic carbocycles. The number of aliphatic imine (C=N–C) groups is 1. The molecule has 0 aromatic heterocycles. The summed E-state index contributed by atoms with van der Waals surface area (Å²) in [6.07, 6.45) is 1.85. The molecule has 6 nitrogen and oxygen atoms in total. The third-order valence-corrected chi connectivity index (χ3v) is 3.56. The lowest BCUT2D eigenvalue weighted by molar-refractivity contribution is 0.0229. The Morgan fingerprint density at radius 2 is 2.20 bits per heavy atom. The number of nitrogens with one attached hydrogen (secondary N) is 1. The van der Waals surface area contributed by atoms with Gasteiger partial charge in [0.25, 0.3) is 0 Å². The molecule has 114 valence electrons. The van der Waals surface area contributed by atoms with E-state index in [9.17, 15) is 4.79 Å². The van der Waals surface area contributed by atoms with E-state index in [0.29, 0.717) is 0 Å². The largest absolute Gasteiger partial charge is 0.444 e. The molecule has 0 aliphatic carbocycles. The van der Waals surface area contributed by atoms with Gasteiger partial charge < -0.3 is 19.9 Å². The molecule has 0 radical (unpaired) electrons. The molecule has 0 bridgehead atoms. The van der Waals surface area contributed by atoms with Gasteiger partial charge in [-0.2, -0.15) is 0 Å². The second-order valence-corrected chi connectivity index (χ2v) is 6.48. The molecule has 0 unspecified atom stereocenters. The molecule has 2 heterocycles. The Morgan fingerprint density at radius 3 is 2.80 bits per heavy atom. The topological polar surface area (TPSA) is 57.2 Å². The number of hydrogen-bond acceptors (Lipinski definition) is 5. The molecule has 1 atom stereocenters. The third kappa shape index (κ3) is 3.77. The Balaban J connectivity index is 1.86. The summed E-state index contributed by atoms with van der Waals surface area (Å²) < 4.78 is 5.46. The highest BCUT2D eigenvalue weighted by Crippen LogP contribution is 2.20. The van der Waals surface area contributed by atoms with E-state index in [2.05, 4.69) is 15.2 Å². The first-order valence-corrected chi connectivity index (χ1v) is 7.36. The predicted molar refractivity (Wildman–Crippen MR) is 78.9 cm³/mol. The van der Waals surface area contributed by atoms with E-state index in [-0.39, 0.29) is 12.1 Å². The van der Waals surface area contributed by atoms with Crippen LogP contribution in [0.3, 0.4) is 0 Å². The lowest BCUT2D eigenvalue weighted by atomic mass is 10.2. The van der Waals surface area contributed by atoms with Gasteiger partial charge in [0.15, 0.2) is 5.96 Å². The summed E-state index contributed by atoms with van der Waals surface area (Å²) >= 11 is 0. The fourth-order valence-electron chi connectivity index (χ4n) is 2.54. The summed E-state index contributed by atoms with van der Waals surface area (Å²) in [5, 5.41) is 3.35. The molecule has 1 saturated heterocycles. The van der Waals surface area contributed by atoms with Gasteiger partial charge >= 0.3 is 6.09 Å². The first-order chi connectivity index (χ1) is 9.37. The van der Waals surface area contributed by atoms with Crippen molar-refractivity contribution in [2.75, 3.05) is 33.2 Å². The van der Waals surface area contributed by atoms with Crippen molar-refractivity contribution in [3.05, 3.63) is 0 Å². The first-order valence-electron chi connectivity index (χ1n) is 7.36. The number of likely N-dealkylation sites (N-methyl/N-ethyl adjacent to an activating group) is 1. The van der Waals surface area contributed by atoms with Crippen molar-refractivity contribution in [3.8, 4) is 0 Å². The zero-order valence-electron chi connectivity index (χ0n) is 13.0. The van der Waals surface area contributed by atoms with E-state index in [1.165, 1.54) is 0 Å². The van der Waals surface area contributed by atoms with Crippen LogP contribution in [0.25, 0.3) is 0 Å². The van der Waals surface area contributed by atoms with Crippen molar-refractivity contribution < 1.29 is 9.53 Å². The van der Waals surface area contributed by atoms with Crippen molar-refractivity contribution in [2.45, 2.75) is 45.3 Å². The Bertz CT molecular complexity index is 389. The van der Waals surface area contributed by atoms with Crippen molar-refractivity contribution >= 4 is 12.1 Å². The van der Waals surface area contributed by atoms with Gasteiger partial charge in [0.05, 0.1) is 12.6 Å². The van der Waals surface area contributed by atoms with Crippen molar-refractivity contribution in [1.29, 1.82) is 0 Å². The third-order valence-electron chi connectivity index (χ3n) is 3.56. The van der Waals surface area contributed by atoms with Crippen LogP contribution < -0.4 is 5.32 Å². The summed E-state index contributed by atoms with van der Waals surface area (Å²) in [6, 6.07) is 0.196. The second-order valence-electron chi connectivity index (χ2n) is 6.48. The number of hydrogen-bond donors (Lipinski definition) is 1. The van der Waals surface area contributed by atoms with E-state index in [1.807, 2.05) is 32.7 Å². The predicted octanol–water partition coefficient (Wildman–Crippen LogP) is 1.28. The highest BCUT2D eigenvalue weighted by molar-refractivity contribution is 5.81. The lowest BCUT2D eigenvalue weighted by Crippen LogP contribution is -2.47. The summed E-state index contributed by atoms with van der Waals surface area (Å²) in [7, 11) is 2.03. The number of ether oxygens (including phenoxy) is 1. The van der Waals surface area contributed by atoms with Crippen LogP contribution in [0.15, 0.2) is 4.99 Å². The van der Waals surface area contributed by atoms with E-state index >= 15 is 0 Å². The van der Waals surface area contributed by atoms with Crippen LogP contribution in [0.4, 0.5) is 4.79 Å². The summed E-state index contributed by atoms with van der Waals surface area (Å²) in [4.78, 5) is 20.5. The molecule has 0 saturated carbocycles. The standard InChI is InChI=1S/C14H26N4O2/c1-14(2,3)20-13(19)18-8-5-6-11(18)10-16-12-15-7-9-17(12)4/h11H,5-10H2,1-4H3,(H,15,16)/t11-/m0/s1. The molecular formula is C14H26N4O2. The minimum absolute atomic E-state index is 0.196. The first kappa shape index (κ1) is 14.9. The van der Waals surface area contributed by atoms with E-state index in [1.54, 1.807) is 0 Å². The summed E-state index contributed by atoms with van der Waals surface area (Å²) in [5.41, 5.74) is -0.437. The number of carbonyl (C=O) groups excluding carboxylic acids is 1. The van der Waals surface area contributed by atoms with Gasteiger partial charge in [-0.05, 0) is 33.6 Å². The smallest absolute Gasteiger partial charge is 0.410 e. The fourth-order valence-corrected chi connectivity index (χ4v) is 2.54. The van der Waals surface area contributed by atoms with Crippen molar-refractivity contribution in [2.24, 2.45) is 4.99 Å². The zero-order chi connectivity index (χ0) is 14.8. The Kier molecular flexibility index (Phi) is 4.40. The van der Waals surface area contributed by atoms with Gasteiger partial charge in [0.1, 0.15) is 5.60 Å². The summed E-state index contributed by atoms with van der Waals surface area (Å²) in [5.74, 6) is 0.932. The molecule has 1 fully saturated rings. The number of likely N-dealkylation sites (tertiary alicyclic amines) is 1. The zero-order valence-corrected chi connectivity index (χ0v) is 13.0. The van der Waals surface area contributed by atoms with E-state index < -0.39 is 5.60 Å². The number of amides is 1. The maximum Gasteiger partial charge on any atom is 0.410 e. The van der Waals surface area contributed by atoms with Crippen LogP contribution >= 0.6 is 0 Å². The van der Waals surface area contributed by atoms with Crippen LogP contribution in [0, 0.1) is 0 Å². The fraction of sp³-hybridized carbons (Fsp3) is 0.857. The van der Waals surface area contributed by atoms with E-state index in [0.717, 1.165) is 45.0 Å². The average Bonchev–Trinajstić information content (AvgIpc) is 2.92. The molecule has 1 N–H and O–H groups in total. The molecule has 2 aliphatic rings. The van der Waals surface area contributed by atoms with Crippen LogP contribution in [-0.4, -0.2) is 66.7 Å². The Hall–Kier alpha value is -1.46. The van der Waals surface area contributed by atoms with E-state index in [4.69, 9.17) is 4.74 Å². The maximum absolute atomic E-state index is 12.2. The van der Waals surface area contributed by atoms with Gasteiger partial charge in [-0.25, -0.2) is 4.79 Å². The second kappa shape index (κ2) is 5.89. The molecule has 20 heavy (non-hydrogen) atoms. The molecule has 0 aromatic rings. The van der Waals surface area contributed by atoms with Gasteiger partial charge in [-0.3, -0.25) is 4.99 Å². The minimum atomic E-state index is -0.437. The van der Waals surface area contributed by atoms with Crippen molar-refractivity contribution in [3.63, 3.8) is 0 Å². The number of nitrogens with zero attached hydrogens (tertiary/aromatic N) is 3. The molecule has 1 amide bonds. The maximum atomic E-state index is 12.2. The van der Waals surface area contributed by atoms with Crippen LogP contribution in [0.5, 0.6) is 0 Å². The Morgan fingerprint density at radius 1 is 1.45 bits per heavy atom. The monoisotopic (exact) mass is 282 g/mol. The number of guanidine groups is 1. The van der Waals surface area contributed by atoms with Gasteiger partial charge in [0, 0.05) is 26.7 Å². The SMILES string of the molecule is CN1CCN=C1NC[C@@H]1CCCN1C(=O)OC(C)(C)C. The Labute approximate surface area is 121 Å². The lowest BCUT2D eigenvalue weighted by Gasteiger charge is -2.29. The van der Waals surface area contributed by atoms with Gasteiger partial charge in [0.2, 0.25) is 0 Å². The van der Waals surface area contributed by atoms with Crippen molar-refractivity contribution in [1.82, 2.24) is 15.1 Å². The average molecular weight is 282 g/mol. The molecule has 0 spiro atoms. The molecule has 6 heteroatoms. The van der Waals surface area contributed by atoms with Gasteiger partial charge in [-0.1, -0.05) is 0 Å². The minimum Gasteiger partial charge on any atom is -0.444 e. The van der Waals surface area contributed by atoms with Crippen LogP contribution in [0.2, 0.25) is 0 Å². The van der Waals surface area contributed by atoms with Crippen LogP contribution in [-0.2, 0) is 4.74 Å². The number of carbonyl (C=O) groups is 1. The molecular weight excluding hydrogens is 256 g/mol. The highest BCUT2D eigenvalue weighted by atomic mass is 16.6. The summed E-state index contributed by atoms with van der Waals surface area (Å²) in [6.45, 7) is 9.03. The normalized spacial score (nSPS) is 23.0. The van der Waals surface area contributed by atoms with Crippen LogP contribution in [0.1, 0.15) is 33.6 Å². The molecule has 2 aliphatic heterocycles. The quantitative estimate of drug-likeness (QED) is 0.829. The number of rotatable bonds is 2.